The Morgan fingerprint density at radius 1 is 1.24 bits per heavy atom. The maximum atomic E-state index is 13.9. The smallest absolute Gasteiger partial charge is 0.277 e. The second kappa shape index (κ2) is 8.04. The van der Waals surface area contributed by atoms with Crippen molar-refractivity contribution in [1.29, 1.82) is 0 Å². The molecule has 1 aliphatic rings. The number of halogens is 1. The maximum Gasteiger partial charge on any atom is 0.277 e. The molecule has 0 radical (unpaired) electrons. The van der Waals surface area contributed by atoms with Crippen molar-refractivity contribution in [2.45, 2.75) is 24.6 Å². The van der Waals surface area contributed by atoms with Crippen molar-refractivity contribution in [3.05, 3.63) is 54.3 Å². The highest BCUT2D eigenvalue weighted by Crippen LogP contribution is 2.32. The lowest BCUT2D eigenvalue weighted by Gasteiger charge is -2.27. The molecule has 9 heteroatoms. The van der Waals surface area contributed by atoms with Gasteiger partial charge in [0.1, 0.15) is 5.82 Å². The molecule has 7 nitrogen and oxygen atoms in total. The van der Waals surface area contributed by atoms with Gasteiger partial charge in [0.2, 0.25) is 11.8 Å². The molecular weight excluding hydrogens is 395 g/mol. The van der Waals surface area contributed by atoms with Crippen LogP contribution in [0.1, 0.15) is 13.3 Å². The minimum absolute atomic E-state index is 0.0335. The van der Waals surface area contributed by atoms with E-state index in [-0.39, 0.29) is 46.7 Å². The van der Waals surface area contributed by atoms with Crippen LogP contribution in [0.25, 0.3) is 11.5 Å². The Hall–Kier alpha value is -3.20. The van der Waals surface area contributed by atoms with E-state index >= 15 is 0 Å². The summed E-state index contributed by atoms with van der Waals surface area (Å²) < 4.78 is 19.4. The number of para-hydroxylation sites is 2. The number of carbonyl (C=O) groups excluding carboxylic acids is 2. The normalized spacial score (nSPS) is 16.1. The molecule has 29 heavy (non-hydrogen) atoms. The Labute approximate surface area is 170 Å². The Bertz CT molecular complexity index is 1070. The van der Waals surface area contributed by atoms with E-state index in [4.69, 9.17) is 4.42 Å². The molecule has 148 valence electrons. The van der Waals surface area contributed by atoms with Gasteiger partial charge in [0, 0.05) is 12.5 Å². The zero-order chi connectivity index (χ0) is 20.4. The number of benzene rings is 2. The molecule has 0 unspecified atom stereocenters. The van der Waals surface area contributed by atoms with E-state index in [9.17, 15) is 14.0 Å². The number of nitrogens with zero attached hydrogens (tertiary/aromatic N) is 3. The number of thioether (sulfide) groups is 1. The molecule has 0 saturated carbocycles. The summed E-state index contributed by atoms with van der Waals surface area (Å²) in [5.41, 5.74) is 1.45. The third kappa shape index (κ3) is 4.00. The molecule has 1 aromatic heterocycles. The van der Waals surface area contributed by atoms with E-state index in [0.717, 1.165) is 11.8 Å². The van der Waals surface area contributed by atoms with Crippen molar-refractivity contribution in [1.82, 2.24) is 10.2 Å². The van der Waals surface area contributed by atoms with Gasteiger partial charge in [0.15, 0.2) is 0 Å². The fourth-order valence-corrected chi connectivity index (χ4v) is 3.79. The van der Waals surface area contributed by atoms with Crippen LogP contribution >= 0.6 is 11.8 Å². The van der Waals surface area contributed by atoms with Gasteiger partial charge in [-0.05, 0) is 31.2 Å². The quantitative estimate of drug-likeness (QED) is 0.657. The predicted octanol–water partition coefficient (Wildman–Crippen LogP) is 3.73. The van der Waals surface area contributed by atoms with E-state index in [1.807, 2.05) is 13.0 Å². The first kappa shape index (κ1) is 19.1. The topological polar surface area (TPSA) is 88.3 Å². The Morgan fingerprint density at radius 3 is 2.83 bits per heavy atom. The predicted molar refractivity (Wildman–Crippen MR) is 107 cm³/mol. The summed E-state index contributed by atoms with van der Waals surface area (Å²) in [4.78, 5) is 26.6. The molecule has 0 fully saturated rings. The average Bonchev–Trinajstić information content (AvgIpc) is 3.12. The maximum absolute atomic E-state index is 13.9. The molecule has 0 saturated heterocycles. The van der Waals surface area contributed by atoms with E-state index < -0.39 is 5.82 Å². The van der Waals surface area contributed by atoms with Gasteiger partial charge in [-0.2, -0.15) is 0 Å². The van der Waals surface area contributed by atoms with Gasteiger partial charge >= 0.3 is 0 Å². The fourth-order valence-electron chi connectivity index (χ4n) is 3.17. The highest BCUT2D eigenvalue weighted by molar-refractivity contribution is 7.99. The number of aromatic nitrogens is 2. The summed E-state index contributed by atoms with van der Waals surface area (Å²) in [5.74, 6) is -0.708. The van der Waals surface area contributed by atoms with E-state index in [2.05, 4.69) is 15.5 Å². The van der Waals surface area contributed by atoms with Crippen LogP contribution in [0.5, 0.6) is 0 Å². The molecule has 2 aromatic carbocycles. The summed E-state index contributed by atoms with van der Waals surface area (Å²) in [6, 6.07) is 13.0. The Balaban J connectivity index is 1.50. The molecule has 2 heterocycles. The first-order chi connectivity index (χ1) is 14.0. The Morgan fingerprint density at radius 2 is 2.00 bits per heavy atom. The molecule has 1 atom stereocenters. The van der Waals surface area contributed by atoms with Crippen LogP contribution < -0.4 is 10.2 Å². The van der Waals surface area contributed by atoms with E-state index in [1.54, 1.807) is 41.3 Å². The lowest BCUT2D eigenvalue weighted by Crippen LogP contribution is -2.40. The number of anilines is 2. The van der Waals surface area contributed by atoms with Crippen molar-refractivity contribution >= 4 is 35.0 Å². The fraction of sp³-hybridized carbons (Fsp3) is 0.200. The van der Waals surface area contributed by atoms with Gasteiger partial charge in [0.05, 0.1) is 22.7 Å². The molecule has 0 bridgehead atoms. The number of hydrogen-bond acceptors (Lipinski definition) is 6. The minimum atomic E-state index is -0.462. The van der Waals surface area contributed by atoms with Crippen LogP contribution in [0.15, 0.2) is 58.2 Å². The number of hydrogen-bond donors (Lipinski definition) is 1. The lowest BCUT2D eigenvalue weighted by atomic mass is 10.2. The van der Waals surface area contributed by atoms with Gasteiger partial charge in [-0.15, -0.1) is 10.2 Å². The van der Waals surface area contributed by atoms with Crippen LogP contribution in [-0.2, 0) is 9.59 Å². The van der Waals surface area contributed by atoms with Crippen LogP contribution in [0, 0.1) is 5.82 Å². The Kier molecular flexibility index (Phi) is 5.30. The zero-order valence-corrected chi connectivity index (χ0v) is 16.3. The van der Waals surface area contributed by atoms with Gasteiger partial charge in [-0.25, -0.2) is 4.39 Å². The number of amides is 2. The summed E-state index contributed by atoms with van der Waals surface area (Å²) >= 11 is 1.07. The SMILES string of the molecule is C[C@H]1CC(=O)Nc2ccccc2N1C(=O)CSc1nnc(-c2ccccc2F)o1. The van der Waals surface area contributed by atoms with Crippen molar-refractivity contribution < 1.29 is 18.4 Å². The van der Waals surface area contributed by atoms with Gasteiger partial charge < -0.3 is 14.6 Å². The molecule has 3 aromatic rings. The lowest BCUT2D eigenvalue weighted by molar-refractivity contribution is -0.117. The molecule has 4 rings (SSSR count). The minimum Gasteiger partial charge on any atom is -0.411 e. The van der Waals surface area contributed by atoms with Crippen LogP contribution in [-0.4, -0.2) is 33.8 Å². The van der Waals surface area contributed by atoms with Gasteiger partial charge in [-0.1, -0.05) is 36.0 Å². The average molecular weight is 412 g/mol. The third-order valence-corrected chi connectivity index (χ3v) is 5.26. The van der Waals surface area contributed by atoms with Crippen molar-refractivity contribution in [2.75, 3.05) is 16.0 Å². The number of fused-ring (bicyclic) bond motifs is 1. The highest BCUT2D eigenvalue weighted by atomic mass is 32.2. The highest BCUT2D eigenvalue weighted by Gasteiger charge is 2.29. The number of nitrogens with one attached hydrogen (secondary N) is 1. The van der Waals surface area contributed by atoms with E-state index in [0.29, 0.717) is 11.4 Å². The van der Waals surface area contributed by atoms with Gasteiger partial charge in [-0.3, -0.25) is 9.59 Å². The summed E-state index contributed by atoms with van der Waals surface area (Å²) in [6.45, 7) is 1.83. The van der Waals surface area contributed by atoms with Crippen molar-refractivity contribution in [3.8, 4) is 11.5 Å². The third-order valence-electron chi connectivity index (χ3n) is 4.46. The first-order valence-corrected chi connectivity index (χ1v) is 9.93. The standard InChI is InChI=1S/C20H17FN4O3S/c1-12-10-17(26)22-15-8-4-5-9-16(15)25(12)18(27)11-29-20-24-23-19(28-20)13-6-2-3-7-14(13)21/h2-9,12H,10-11H2,1H3,(H,22,26)/t12-/m0/s1. The number of rotatable bonds is 4. The second-order valence-corrected chi connectivity index (χ2v) is 7.45. The van der Waals surface area contributed by atoms with Crippen molar-refractivity contribution in [3.63, 3.8) is 0 Å². The largest absolute Gasteiger partial charge is 0.411 e. The first-order valence-electron chi connectivity index (χ1n) is 8.95. The monoisotopic (exact) mass is 412 g/mol. The van der Waals surface area contributed by atoms with Crippen LogP contribution in [0.4, 0.5) is 15.8 Å². The van der Waals surface area contributed by atoms with Crippen molar-refractivity contribution in [2.24, 2.45) is 0 Å². The zero-order valence-electron chi connectivity index (χ0n) is 15.5. The summed E-state index contributed by atoms with van der Waals surface area (Å²) in [7, 11) is 0. The van der Waals surface area contributed by atoms with E-state index in [1.165, 1.54) is 6.07 Å². The molecule has 1 aliphatic heterocycles. The summed E-state index contributed by atoms with van der Waals surface area (Å²) in [6.07, 6.45) is 0.197. The second-order valence-electron chi connectivity index (χ2n) is 6.52. The molecule has 0 spiro atoms. The van der Waals surface area contributed by atoms with Crippen LogP contribution in [0.3, 0.4) is 0 Å². The molecule has 0 aliphatic carbocycles. The summed E-state index contributed by atoms with van der Waals surface area (Å²) in [5, 5.41) is 10.7. The number of carbonyl (C=O) groups is 2. The molecular formula is C20H17FN4O3S. The molecule has 1 N–H and O–H groups in total. The molecule has 2 amide bonds. The van der Waals surface area contributed by atoms with Crippen LogP contribution in [0.2, 0.25) is 0 Å². The van der Waals surface area contributed by atoms with Gasteiger partial charge in [0.25, 0.3) is 11.1 Å².